The van der Waals surface area contributed by atoms with E-state index in [0.29, 0.717) is 0 Å². The molecule has 0 aromatic heterocycles. The smallest absolute Gasteiger partial charge is 0.241 e. The maximum Gasteiger partial charge on any atom is 0.241 e. The Bertz CT molecular complexity index is 658. The van der Waals surface area contributed by atoms with Crippen molar-refractivity contribution >= 4 is 11.6 Å². The van der Waals surface area contributed by atoms with Crippen molar-refractivity contribution in [3.63, 3.8) is 0 Å². The molecule has 0 saturated carbocycles. The Morgan fingerprint density at radius 3 is 2.43 bits per heavy atom. The lowest BCUT2D eigenvalue weighted by molar-refractivity contribution is -0.118. The van der Waals surface area contributed by atoms with Crippen molar-refractivity contribution in [1.82, 2.24) is 5.32 Å². The average molecular weight is 280 g/mol. The van der Waals surface area contributed by atoms with Gasteiger partial charge in [0.2, 0.25) is 5.91 Å². The molecule has 1 aliphatic heterocycles. The number of para-hydroxylation sites is 1. The highest BCUT2D eigenvalue weighted by atomic mass is 16.2. The number of nitrogens with one attached hydrogen (secondary N) is 2. The summed E-state index contributed by atoms with van der Waals surface area (Å²) in [5, 5.41) is 6.40. The number of hydrogen-bond acceptors (Lipinski definition) is 2. The van der Waals surface area contributed by atoms with Crippen molar-refractivity contribution in [3.05, 3.63) is 64.7 Å². The lowest BCUT2D eigenvalue weighted by Gasteiger charge is -2.26. The lowest BCUT2D eigenvalue weighted by Crippen LogP contribution is -2.44. The molecule has 2 aromatic carbocycles. The van der Waals surface area contributed by atoms with E-state index in [1.165, 1.54) is 11.1 Å². The number of fused-ring (bicyclic) bond motifs is 1. The van der Waals surface area contributed by atoms with Crippen molar-refractivity contribution in [2.24, 2.45) is 0 Å². The summed E-state index contributed by atoms with van der Waals surface area (Å²) in [5.74, 6) is 0.0434. The Balaban J connectivity index is 1.76. The fraction of sp³-hybridized carbons (Fsp3) is 0.278. The van der Waals surface area contributed by atoms with E-state index < -0.39 is 0 Å². The summed E-state index contributed by atoms with van der Waals surface area (Å²) < 4.78 is 0. The van der Waals surface area contributed by atoms with Gasteiger partial charge in [0.1, 0.15) is 0 Å². The van der Waals surface area contributed by atoms with Gasteiger partial charge in [-0.05, 0) is 42.5 Å². The van der Waals surface area contributed by atoms with Crippen LogP contribution in [0.25, 0.3) is 0 Å². The van der Waals surface area contributed by atoms with Crippen LogP contribution in [0.3, 0.4) is 0 Å². The molecule has 3 heteroatoms. The number of hydrogen-bond donors (Lipinski definition) is 2. The van der Waals surface area contributed by atoms with Gasteiger partial charge in [-0.3, -0.25) is 4.79 Å². The van der Waals surface area contributed by atoms with Crippen molar-refractivity contribution in [3.8, 4) is 0 Å². The van der Waals surface area contributed by atoms with Crippen LogP contribution in [0.5, 0.6) is 0 Å². The standard InChI is InChI=1S/C18H20N2O/c1-12-6-5-7-13(2)17(12)20-18(21)16-10-14-8-3-4-9-15(14)11-19-16/h3-9,16,19H,10-11H2,1-2H3,(H,20,21)/t16-/m0/s1. The maximum absolute atomic E-state index is 12.5. The van der Waals surface area contributed by atoms with Crippen LogP contribution >= 0.6 is 0 Å². The Morgan fingerprint density at radius 1 is 1.05 bits per heavy atom. The first-order chi connectivity index (χ1) is 10.1. The van der Waals surface area contributed by atoms with Gasteiger partial charge in [-0.25, -0.2) is 0 Å². The largest absolute Gasteiger partial charge is 0.324 e. The van der Waals surface area contributed by atoms with Gasteiger partial charge in [0, 0.05) is 12.2 Å². The third-order valence-electron chi connectivity index (χ3n) is 4.13. The van der Waals surface area contributed by atoms with Gasteiger partial charge in [0.15, 0.2) is 0 Å². The molecule has 0 spiro atoms. The molecule has 1 amide bonds. The zero-order valence-corrected chi connectivity index (χ0v) is 12.4. The van der Waals surface area contributed by atoms with E-state index >= 15 is 0 Å². The van der Waals surface area contributed by atoms with E-state index in [2.05, 4.69) is 22.8 Å². The molecule has 0 saturated heterocycles. The Hall–Kier alpha value is -2.13. The van der Waals surface area contributed by atoms with Crippen LogP contribution < -0.4 is 10.6 Å². The molecule has 2 N–H and O–H groups in total. The minimum atomic E-state index is -0.168. The van der Waals surface area contributed by atoms with E-state index in [-0.39, 0.29) is 11.9 Å². The van der Waals surface area contributed by atoms with Crippen LogP contribution in [0.1, 0.15) is 22.3 Å². The van der Waals surface area contributed by atoms with Crippen LogP contribution in [0.4, 0.5) is 5.69 Å². The molecule has 3 nitrogen and oxygen atoms in total. The van der Waals surface area contributed by atoms with Gasteiger partial charge >= 0.3 is 0 Å². The number of aryl methyl sites for hydroxylation is 2. The summed E-state index contributed by atoms with van der Waals surface area (Å²) in [6.07, 6.45) is 0.743. The predicted molar refractivity (Wildman–Crippen MR) is 85.3 cm³/mol. The highest BCUT2D eigenvalue weighted by Gasteiger charge is 2.24. The van der Waals surface area contributed by atoms with Crippen LogP contribution in [0.15, 0.2) is 42.5 Å². The van der Waals surface area contributed by atoms with E-state index in [1.807, 2.05) is 44.2 Å². The van der Waals surface area contributed by atoms with E-state index in [4.69, 9.17) is 0 Å². The van der Waals surface area contributed by atoms with Gasteiger partial charge in [0.05, 0.1) is 6.04 Å². The van der Waals surface area contributed by atoms with Gasteiger partial charge in [0.25, 0.3) is 0 Å². The second kappa shape index (κ2) is 5.70. The molecule has 1 heterocycles. The maximum atomic E-state index is 12.5. The van der Waals surface area contributed by atoms with Gasteiger partial charge in [-0.2, -0.15) is 0 Å². The third-order valence-corrected chi connectivity index (χ3v) is 4.13. The third kappa shape index (κ3) is 2.83. The van der Waals surface area contributed by atoms with Gasteiger partial charge in [-0.15, -0.1) is 0 Å². The highest BCUT2D eigenvalue weighted by Crippen LogP contribution is 2.21. The van der Waals surface area contributed by atoms with Gasteiger partial charge < -0.3 is 10.6 Å². The van der Waals surface area contributed by atoms with Crippen molar-refractivity contribution in [2.75, 3.05) is 5.32 Å². The summed E-state index contributed by atoms with van der Waals surface area (Å²) in [5.41, 5.74) is 5.67. The number of rotatable bonds is 2. The summed E-state index contributed by atoms with van der Waals surface area (Å²) in [6, 6.07) is 14.2. The Labute approximate surface area is 125 Å². The SMILES string of the molecule is Cc1cccc(C)c1NC(=O)[C@@H]1Cc2ccccc2CN1. The van der Waals surface area contributed by atoms with Crippen LogP contribution in [0, 0.1) is 13.8 Å². The summed E-state index contributed by atoms with van der Waals surface area (Å²) >= 11 is 0. The zero-order valence-electron chi connectivity index (χ0n) is 12.4. The number of anilines is 1. The Kier molecular flexibility index (Phi) is 3.76. The first kappa shape index (κ1) is 13.8. The second-order valence-corrected chi connectivity index (χ2v) is 5.66. The van der Waals surface area contributed by atoms with E-state index in [9.17, 15) is 4.79 Å². The molecule has 0 unspecified atom stereocenters. The number of benzene rings is 2. The molecule has 2 aromatic rings. The minimum absolute atomic E-state index is 0.0434. The molecular weight excluding hydrogens is 260 g/mol. The molecule has 3 rings (SSSR count). The molecule has 21 heavy (non-hydrogen) atoms. The topological polar surface area (TPSA) is 41.1 Å². The van der Waals surface area contributed by atoms with Gasteiger partial charge in [-0.1, -0.05) is 42.5 Å². The molecule has 0 aliphatic carbocycles. The quantitative estimate of drug-likeness (QED) is 0.888. The summed E-state index contributed by atoms with van der Waals surface area (Å²) in [4.78, 5) is 12.5. The predicted octanol–water partition coefficient (Wildman–Crippen LogP) is 2.96. The first-order valence-corrected chi connectivity index (χ1v) is 7.32. The van der Waals surface area contributed by atoms with Crippen LogP contribution in [-0.4, -0.2) is 11.9 Å². The molecule has 1 aliphatic rings. The Morgan fingerprint density at radius 2 is 1.71 bits per heavy atom. The average Bonchev–Trinajstić information content (AvgIpc) is 2.50. The lowest BCUT2D eigenvalue weighted by atomic mass is 9.95. The fourth-order valence-electron chi connectivity index (χ4n) is 2.86. The number of carbonyl (C=O) groups is 1. The highest BCUT2D eigenvalue weighted by molar-refractivity contribution is 5.96. The fourth-order valence-corrected chi connectivity index (χ4v) is 2.86. The summed E-state index contributed by atoms with van der Waals surface area (Å²) in [6.45, 7) is 4.79. The molecule has 108 valence electrons. The molecular formula is C18H20N2O. The van der Waals surface area contributed by atoms with Crippen LogP contribution in [0.2, 0.25) is 0 Å². The minimum Gasteiger partial charge on any atom is -0.324 e. The number of amides is 1. The van der Waals surface area contributed by atoms with Crippen molar-refractivity contribution in [2.45, 2.75) is 32.9 Å². The summed E-state index contributed by atoms with van der Waals surface area (Å²) in [7, 11) is 0. The second-order valence-electron chi connectivity index (χ2n) is 5.66. The molecule has 1 atom stereocenters. The molecule has 0 radical (unpaired) electrons. The number of carbonyl (C=O) groups excluding carboxylic acids is 1. The zero-order chi connectivity index (χ0) is 14.8. The molecule has 0 fully saturated rings. The monoisotopic (exact) mass is 280 g/mol. The van der Waals surface area contributed by atoms with Crippen LogP contribution in [-0.2, 0) is 17.8 Å². The normalized spacial score (nSPS) is 17.1. The van der Waals surface area contributed by atoms with E-state index in [0.717, 1.165) is 29.8 Å². The van der Waals surface area contributed by atoms with Crippen molar-refractivity contribution in [1.29, 1.82) is 0 Å². The molecule has 0 bridgehead atoms. The van der Waals surface area contributed by atoms with Crippen molar-refractivity contribution < 1.29 is 4.79 Å². The van der Waals surface area contributed by atoms with E-state index in [1.54, 1.807) is 0 Å². The first-order valence-electron chi connectivity index (χ1n) is 7.32.